The predicted octanol–water partition coefficient (Wildman–Crippen LogP) is 0.222. The first-order valence-corrected chi connectivity index (χ1v) is 6.83. The maximum Gasteiger partial charge on any atom is 0.339 e. The molecule has 0 radical (unpaired) electrons. The van der Waals surface area contributed by atoms with Gasteiger partial charge in [-0.1, -0.05) is 11.8 Å². The molecule has 0 amide bonds. The van der Waals surface area contributed by atoms with Crippen LogP contribution >= 0.6 is 11.8 Å². The van der Waals surface area contributed by atoms with E-state index < -0.39 is 11.1 Å². The van der Waals surface area contributed by atoms with Crippen molar-refractivity contribution in [2.24, 2.45) is 7.05 Å². The Morgan fingerprint density at radius 3 is 2.75 bits per heavy atom. The number of hydrogen-bond acceptors (Lipinski definition) is 6. The number of aromatic amines is 1. The Morgan fingerprint density at radius 1 is 1.35 bits per heavy atom. The van der Waals surface area contributed by atoms with Crippen molar-refractivity contribution in [2.75, 3.05) is 18.1 Å². The van der Waals surface area contributed by atoms with Crippen LogP contribution in [0.1, 0.15) is 0 Å². The van der Waals surface area contributed by atoms with Gasteiger partial charge >= 0.3 is 11.1 Å². The van der Waals surface area contributed by atoms with Crippen LogP contribution in [0.2, 0.25) is 0 Å². The van der Waals surface area contributed by atoms with E-state index in [1.54, 1.807) is 31.3 Å². The van der Waals surface area contributed by atoms with Crippen molar-refractivity contribution in [3.63, 3.8) is 0 Å². The number of nitrogen functional groups attached to an aromatic ring is 1. The summed E-state index contributed by atoms with van der Waals surface area (Å²) < 4.78 is 6.93. The number of nitrogens with one attached hydrogen (secondary N) is 1. The molecule has 0 fully saturated rings. The van der Waals surface area contributed by atoms with E-state index in [4.69, 9.17) is 10.5 Å². The highest BCUT2D eigenvalue weighted by atomic mass is 32.2. The van der Waals surface area contributed by atoms with Gasteiger partial charge in [-0.2, -0.15) is 4.98 Å². The van der Waals surface area contributed by atoms with E-state index in [0.29, 0.717) is 23.2 Å². The van der Waals surface area contributed by atoms with Gasteiger partial charge in [0.2, 0.25) is 0 Å². The summed E-state index contributed by atoms with van der Waals surface area (Å²) in [6.07, 6.45) is 0. The molecule has 0 aliphatic rings. The minimum atomic E-state index is -0.787. The number of thioether (sulfide) groups is 1. The molecule has 0 saturated carbocycles. The molecule has 2 aromatic rings. The second-order valence-corrected chi connectivity index (χ2v) is 5.03. The number of H-pyrrole nitrogens is 1. The quantitative estimate of drug-likeness (QED) is 0.354. The highest BCUT2D eigenvalue weighted by Gasteiger charge is 2.04. The Morgan fingerprint density at radius 2 is 2.05 bits per heavy atom. The number of nitrogens with two attached hydrogens (primary N) is 1. The molecular weight excluding hydrogens is 280 g/mol. The normalized spacial score (nSPS) is 10.4. The molecule has 8 heteroatoms. The van der Waals surface area contributed by atoms with Crippen molar-refractivity contribution in [1.82, 2.24) is 14.8 Å². The predicted molar refractivity (Wildman–Crippen MR) is 77.2 cm³/mol. The van der Waals surface area contributed by atoms with Gasteiger partial charge in [0, 0.05) is 18.5 Å². The van der Waals surface area contributed by atoms with Crippen molar-refractivity contribution < 1.29 is 4.74 Å². The first-order chi connectivity index (χ1) is 9.56. The number of benzene rings is 1. The number of aromatic nitrogens is 3. The van der Waals surface area contributed by atoms with Crippen molar-refractivity contribution in [3.8, 4) is 5.75 Å². The van der Waals surface area contributed by atoms with E-state index in [0.717, 1.165) is 5.75 Å². The Bertz CT molecular complexity index is 693. The standard InChI is InChI=1S/C12H14N4O3S/c1-16-12(14-10(17)11(18)15-16)20-7-6-19-9-4-2-8(13)3-5-9/h2-5H,6-7,13H2,1H3,(H,15,18). The molecule has 0 saturated heterocycles. The molecule has 7 nitrogen and oxygen atoms in total. The molecule has 1 heterocycles. The average Bonchev–Trinajstić information content (AvgIpc) is 2.42. The van der Waals surface area contributed by atoms with Crippen molar-refractivity contribution in [3.05, 3.63) is 45.0 Å². The lowest BCUT2D eigenvalue weighted by Crippen LogP contribution is -2.33. The Balaban J connectivity index is 1.87. The molecule has 0 aliphatic carbocycles. The molecule has 2 rings (SSSR count). The van der Waals surface area contributed by atoms with Crippen LogP contribution in [0.3, 0.4) is 0 Å². The first-order valence-electron chi connectivity index (χ1n) is 5.85. The van der Waals surface area contributed by atoms with E-state index in [1.165, 1.54) is 16.4 Å². The number of anilines is 1. The highest BCUT2D eigenvalue weighted by molar-refractivity contribution is 7.99. The third kappa shape index (κ3) is 3.64. The number of hydrogen-bond donors (Lipinski definition) is 2. The third-order valence-electron chi connectivity index (χ3n) is 2.41. The van der Waals surface area contributed by atoms with E-state index in [-0.39, 0.29) is 0 Å². The van der Waals surface area contributed by atoms with E-state index in [9.17, 15) is 9.59 Å². The number of ether oxygens (including phenoxy) is 1. The fourth-order valence-corrected chi connectivity index (χ4v) is 2.18. The largest absolute Gasteiger partial charge is 0.493 e. The van der Waals surface area contributed by atoms with Gasteiger partial charge in [-0.15, -0.1) is 0 Å². The molecule has 106 valence electrons. The Hall–Kier alpha value is -2.22. The van der Waals surface area contributed by atoms with Crippen molar-refractivity contribution in [2.45, 2.75) is 5.16 Å². The molecule has 0 atom stereocenters. The van der Waals surface area contributed by atoms with E-state index >= 15 is 0 Å². The van der Waals surface area contributed by atoms with Gasteiger partial charge in [0.15, 0.2) is 5.16 Å². The van der Waals surface area contributed by atoms with Gasteiger partial charge in [-0.3, -0.25) is 19.4 Å². The summed E-state index contributed by atoms with van der Waals surface area (Å²) in [5.41, 5.74) is 4.74. The molecule has 3 N–H and O–H groups in total. The summed E-state index contributed by atoms with van der Waals surface area (Å²) in [5.74, 6) is 1.32. The zero-order chi connectivity index (χ0) is 14.5. The van der Waals surface area contributed by atoms with Gasteiger partial charge in [-0.05, 0) is 24.3 Å². The molecule has 1 aromatic heterocycles. The monoisotopic (exact) mass is 294 g/mol. The van der Waals surface area contributed by atoms with Gasteiger partial charge < -0.3 is 10.5 Å². The molecule has 0 unspecified atom stereocenters. The zero-order valence-electron chi connectivity index (χ0n) is 10.8. The molecule has 0 bridgehead atoms. The van der Waals surface area contributed by atoms with Gasteiger partial charge in [0.25, 0.3) is 0 Å². The maximum atomic E-state index is 11.2. The van der Waals surface area contributed by atoms with Crippen LogP contribution in [0.15, 0.2) is 39.0 Å². The summed E-state index contributed by atoms with van der Waals surface area (Å²) in [6, 6.07) is 7.09. The Kier molecular flexibility index (Phi) is 4.46. The SMILES string of the molecule is Cn1[nH]c(=O)c(=O)nc1SCCOc1ccc(N)cc1. The number of aryl methyl sites for hydroxylation is 1. The minimum Gasteiger partial charge on any atom is -0.493 e. The molecule has 1 aromatic carbocycles. The summed E-state index contributed by atoms with van der Waals surface area (Å²) >= 11 is 1.32. The van der Waals surface area contributed by atoms with Gasteiger partial charge in [0.1, 0.15) is 5.75 Å². The smallest absolute Gasteiger partial charge is 0.339 e. The molecule has 20 heavy (non-hydrogen) atoms. The second kappa shape index (κ2) is 6.29. The van der Waals surface area contributed by atoms with Crippen LogP contribution in [0.5, 0.6) is 5.75 Å². The Labute approximate surface area is 118 Å². The average molecular weight is 294 g/mol. The number of nitrogens with zero attached hydrogens (tertiary/aromatic N) is 2. The van der Waals surface area contributed by atoms with Gasteiger partial charge in [-0.25, -0.2) is 0 Å². The summed E-state index contributed by atoms with van der Waals surface area (Å²) in [4.78, 5) is 25.9. The number of rotatable bonds is 5. The van der Waals surface area contributed by atoms with Crippen molar-refractivity contribution >= 4 is 17.4 Å². The minimum absolute atomic E-state index is 0.440. The van der Waals surface area contributed by atoms with Gasteiger partial charge in [0.05, 0.1) is 6.61 Å². The fourth-order valence-electron chi connectivity index (χ4n) is 1.45. The molecular formula is C12H14N4O3S. The molecule has 0 aliphatic heterocycles. The van der Waals surface area contributed by atoms with E-state index in [2.05, 4.69) is 10.1 Å². The highest BCUT2D eigenvalue weighted by Crippen LogP contribution is 2.15. The van der Waals surface area contributed by atoms with Crippen LogP contribution in [-0.2, 0) is 7.05 Å². The third-order valence-corrected chi connectivity index (χ3v) is 3.41. The van der Waals surface area contributed by atoms with Crippen LogP contribution in [0.25, 0.3) is 0 Å². The van der Waals surface area contributed by atoms with E-state index in [1.807, 2.05) is 0 Å². The second-order valence-electron chi connectivity index (χ2n) is 3.97. The maximum absolute atomic E-state index is 11.2. The fraction of sp³-hybridized carbons (Fsp3) is 0.250. The summed E-state index contributed by atoms with van der Waals surface area (Å²) in [7, 11) is 1.62. The van der Waals surface area contributed by atoms with Crippen molar-refractivity contribution in [1.29, 1.82) is 0 Å². The zero-order valence-corrected chi connectivity index (χ0v) is 11.6. The van der Waals surface area contributed by atoms with Crippen LogP contribution in [0.4, 0.5) is 5.69 Å². The molecule has 0 spiro atoms. The first kappa shape index (κ1) is 14.2. The summed E-state index contributed by atoms with van der Waals surface area (Å²) in [6.45, 7) is 0.448. The lowest BCUT2D eigenvalue weighted by atomic mass is 10.3. The summed E-state index contributed by atoms with van der Waals surface area (Å²) in [5, 5.41) is 2.82. The lowest BCUT2D eigenvalue weighted by molar-refractivity contribution is 0.344. The van der Waals surface area contributed by atoms with Crippen LogP contribution in [0, 0.1) is 0 Å². The lowest BCUT2D eigenvalue weighted by Gasteiger charge is -2.07. The van der Waals surface area contributed by atoms with Crippen LogP contribution < -0.4 is 21.6 Å². The van der Waals surface area contributed by atoms with Crippen LogP contribution in [-0.4, -0.2) is 27.1 Å². The topological polar surface area (TPSA) is 103 Å².